The van der Waals surface area contributed by atoms with Gasteiger partial charge in [-0.2, -0.15) is 0 Å². The summed E-state index contributed by atoms with van der Waals surface area (Å²) in [7, 11) is 0. The average molecular weight is 421 g/mol. The average Bonchev–Trinajstić information content (AvgIpc) is 2.82. The number of hydrogen-bond donors (Lipinski definition) is 3. The molecule has 2 aromatic rings. The maximum atomic E-state index is 11.3. The number of aliphatic hydroxyl groups is 1. The number of nitrogens with two attached hydrogens (primary N) is 1. The molecule has 0 bridgehead atoms. The van der Waals surface area contributed by atoms with E-state index in [2.05, 4.69) is 17.2 Å². The zero-order valence-corrected chi connectivity index (χ0v) is 18.2. The number of aliphatic hydroxyl groups excluding tert-OH is 1. The predicted octanol–water partition coefficient (Wildman–Crippen LogP) is 3.73. The molecular formula is C25H32N4O2. The molecule has 1 aliphatic rings. The molecule has 1 aliphatic heterocycles. The molecule has 164 valence electrons. The molecule has 6 heteroatoms. The smallest absolute Gasteiger partial charge is 0.210 e. The van der Waals surface area contributed by atoms with Gasteiger partial charge < -0.3 is 21.1 Å². The highest BCUT2D eigenvalue weighted by Gasteiger charge is 2.20. The van der Waals surface area contributed by atoms with E-state index in [-0.39, 0.29) is 6.61 Å². The Kier molecular flexibility index (Phi) is 8.24. The first-order valence-corrected chi connectivity index (χ1v) is 10.9. The highest BCUT2D eigenvalue weighted by atomic mass is 16.3. The van der Waals surface area contributed by atoms with Gasteiger partial charge in [-0.3, -0.25) is 4.79 Å². The second-order valence-corrected chi connectivity index (χ2v) is 7.82. The van der Waals surface area contributed by atoms with Crippen molar-refractivity contribution in [2.75, 3.05) is 19.6 Å². The zero-order valence-electron chi connectivity index (χ0n) is 18.2. The molecule has 1 heterocycles. The number of carbonyl (C=O) groups is 1. The van der Waals surface area contributed by atoms with Crippen LogP contribution in [0.2, 0.25) is 0 Å². The van der Waals surface area contributed by atoms with Gasteiger partial charge >= 0.3 is 0 Å². The first-order valence-electron chi connectivity index (χ1n) is 10.9. The maximum absolute atomic E-state index is 11.3. The van der Waals surface area contributed by atoms with Gasteiger partial charge in [-0.05, 0) is 41.3 Å². The summed E-state index contributed by atoms with van der Waals surface area (Å²) < 4.78 is 0. The molecule has 0 unspecified atom stereocenters. The van der Waals surface area contributed by atoms with Crippen LogP contribution < -0.4 is 11.1 Å². The lowest BCUT2D eigenvalue weighted by molar-refractivity contribution is -0.117. The minimum absolute atomic E-state index is 0.0223. The normalized spacial score (nSPS) is 14.6. The SMILES string of the molecule is CCCCCNC1=C(C(N)=Nc2ccc(-c3cccc(CO)c3)cc2)CN(C=O)CC1. The number of carbonyl (C=O) groups excluding carboxylic acids is 1. The van der Waals surface area contributed by atoms with Crippen LogP contribution in [0, 0.1) is 0 Å². The van der Waals surface area contributed by atoms with Crippen LogP contribution in [0.25, 0.3) is 11.1 Å². The van der Waals surface area contributed by atoms with Crippen LogP contribution >= 0.6 is 0 Å². The van der Waals surface area contributed by atoms with Crippen molar-refractivity contribution in [2.24, 2.45) is 10.7 Å². The number of hydrogen-bond acceptors (Lipinski definition) is 4. The Morgan fingerprint density at radius 2 is 2.00 bits per heavy atom. The molecule has 31 heavy (non-hydrogen) atoms. The quantitative estimate of drug-likeness (QED) is 0.236. The fourth-order valence-corrected chi connectivity index (χ4v) is 3.70. The van der Waals surface area contributed by atoms with Crippen molar-refractivity contribution in [3.05, 3.63) is 65.4 Å². The van der Waals surface area contributed by atoms with Crippen LogP contribution in [0.1, 0.15) is 38.2 Å². The molecular weight excluding hydrogens is 388 g/mol. The first-order chi connectivity index (χ1) is 15.1. The summed E-state index contributed by atoms with van der Waals surface area (Å²) in [5, 5.41) is 12.9. The van der Waals surface area contributed by atoms with Gasteiger partial charge in [0, 0.05) is 30.8 Å². The van der Waals surface area contributed by atoms with Crippen molar-refractivity contribution >= 4 is 17.9 Å². The molecule has 0 atom stereocenters. The predicted molar refractivity (Wildman–Crippen MR) is 126 cm³/mol. The van der Waals surface area contributed by atoms with Crippen LogP contribution in [0.4, 0.5) is 5.69 Å². The Balaban J connectivity index is 1.79. The maximum Gasteiger partial charge on any atom is 0.210 e. The van der Waals surface area contributed by atoms with E-state index in [0.29, 0.717) is 18.9 Å². The van der Waals surface area contributed by atoms with Gasteiger partial charge in [-0.25, -0.2) is 4.99 Å². The number of amidine groups is 1. The molecule has 0 fully saturated rings. The van der Waals surface area contributed by atoms with E-state index in [1.807, 2.05) is 48.5 Å². The van der Waals surface area contributed by atoms with Gasteiger partial charge in [0.2, 0.25) is 6.41 Å². The number of nitrogens with zero attached hydrogens (tertiary/aromatic N) is 2. The first kappa shape index (κ1) is 22.6. The molecule has 3 rings (SSSR count). The lowest BCUT2D eigenvalue weighted by atomic mass is 10.0. The van der Waals surface area contributed by atoms with E-state index in [0.717, 1.165) is 59.4 Å². The van der Waals surface area contributed by atoms with E-state index < -0.39 is 0 Å². The standard InChI is InChI=1S/C25H32N4O2/c1-2-3-4-13-27-24-12-14-29(18-31)16-23(24)25(26)28-22-10-8-20(9-11-22)21-7-5-6-19(15-21)17-30/h5-11,15,18,27,30H,2-4,12-14,16-17H2,1H3,(H2,26,28). The van der Waals surface area contributed by atoms with Gasteiger partial charge in [-0.1, -0.05) is 50.1 Å². The lowest BCUT2D eigenvalue weighted by Gasteiger charge is -2.28. The van der Waals surface area contributed by atoms with Crippen molar-refractivity contribution in [2.45, 2.75) is 39.2 Å². The molecule has 0 saturated carbocycles. The monoisotopic (exact) mass is 420 g/mol. The molecule has 1 amide bonds. The molecule has 0 spiro atoms. The minimum Gasteiger partial charge on any atom is -0.392 e. The second kappa shape index (κ2) is 11.3. The Labute approximate surface area is 184 Å². The van der Waals surface area contributed by atoms with Gasteiger partial charge in [0.05, 0.1) is 18.8 Å². The second-order valence-electron chi connectivity index (χ2n) is 7.82. The van der Waals surface area contributed by atoms with Crippen molar-refractivity contribution in [3.8, 4) is 11.1 Å². The van der Waals surface area contributed by atoms with Gasteiger partial charge in [0.25, 0.3) is 0 Å². The third-order valence-electron chi connectivity index (χ3n) is 5.51. The Hall–Kier alpha value is -3.12. The summed E-state index contributed by atoms with van der Waals surface area (Å²) in [6.45, 7) is 4.28. The van der Waals surface area contributed by atoms with Gasteiger partial charge in [0.15, 0.2) is 0 Å². The molecule has 0 aromatic heterocycles. The van der Waals surface area contributed by atoms with E-state index in [4.69, 9.17) is 5.73 Å². The van der Waals surface area contributed by atoms with Crippen molar-refractivity contribution in [1.82, 2.24) is 10.2 Å². The number of amides is 1. The highest BCUT2D eigenvalue weighted by Crippen LogP contribution is 2.24. The number of unbranched alkanes of at least 4 members (excludes halogenated alkanes) is 2. The molecule has 2 aromatic carbocycles. The van der Waals surface area contributed by atoms with Crippen LogP contribution in [0.3, 0.4) is 0 Å². The Bertz CT molecular complexity index is 935. The van der Waals surface area contributed by atoms with Gasteiger partial charge in [-0.15, -0.1) is 0 Å². The third kappa shape index (κ3) is 6.18. The largest absolute Gasteiger partial charge is 0.392 e. The summed E-state index contributed by atoms with van der Waals surface area (Å²) in [4.78, 5) is 17.7. The Morgan fingerprint density at radius 3 is 2.71 bits per heavy atom. The number of benzene rings is 2. The number of rotatable bonds is 10. The topological polar surface area (TPSA) is 90.9 Å². The van der Waals surface area contributed by atoms with E-state index >= 15 is 0 Å². The van der Waals surface area contributed by atoms with Crippen LogP contribution in [-0.2, 0) is 11.4 Å². The summed E-state index contributed by atoms with van der Waals surface area (Å²) in [5.74, 6) is 0.444. The van der Waals surface area contributed by atoms with Crippen molar-refractivity contribution in [3.63, 3.8) is 0 Å². The number of aliphatic imine (C=N–C) groups is 1. The highest BCUT2D eigenvalue weighted by molar-refractivity contribution is 6.00. The fraction of sp³-hybridized carbons (Fsp3) is 0.360. The summed E-state index contributed by atoms with van der Waals surface area (Å²) >= 11 is 0. The summed E-state index contributed by atoms with van der Waals surface area (Å²) in [6, 6.07) is 15.7. The summed E-state index contributed by atoms with van der Waals surface area (Å²) in [6.07, 6.45) is 5.11. The van der Waals surface area contributed by atoms with Crippen LogP contribution in [0.15, 0.2) is 64.8 Å². The molecule has 6 nitrogen and oxygen atoms in total. The molecule has 0 aliphatic carbocycles. The minimum atomic E-state index is 0.0223. The molecule has 0 saturated heterocycles. The van der Waals surface area contributed by atoms with Crippen LogP contribution in [-0.4, -0.2) is 41.9 Å². The molecule has 0 radical (unpaired) electrons. The van der Waals surface area contributed by atoms with Crippen molar-refractivity contribution in [1.29, 1.82) is 0 Å². The zero-order chi connectivity index (χ0) is 22.1. The number of nitrogens with one attached hydrogen (secondary N) is 1. The van der Waals surface area contributed by atoms with Crippen molar-refractivity contribution < 1.29 is 9.90 Å². The van der Waals surface area contributed by atoms with Crippen LogP contribution in [0.5, 0.6) is 0 Å². The van der Waals surface area contributed by atoms with E-state index in [9.17, 15) is 9.90 Å². The van der Waals surface area contributed by atoms with E-state index in [1.165, 1.54) is 12.8 Å². The third-order valence-corrected chi connectivity index (χ3v) is 5.51. The van der Waals surface area contributed by atoms with Gasteiger partial charge in [0.1, 0.15) is 5.84 Å². The fourth-order valence-electron chi connectivity index (χ4n) is 3.70. The van der Waals surface area contributed by atoms with E-state index in [1.54, 1.807) is 4.90 Å². The Morgan fingerprint density at radius 1 is 1.19 bits per heavy atom. The summed E-state index contributed by atoms with van der Waals surface area (Å²) in [5.41, 5.74) is 12.1. The lowest BCUT2D eigenvalue weighted by Crippen LogP contribution is -2.38. The molecule has 4 N–H and O–H groups in total.